The first-order chi connectivity index (χ1) is 10.3. The Hall–Kier alpha value is -1.62. The molecule has 2 aromatic heterocycles. The van der Waals surface area contributed by atoms with Gasteiger partial charge in [-0.25, -0.2) is 9.97 Å². The molecular formula is C16H18N4S. The molecule has 0 N–H and O–H groups in total. The number of benzene rings is 1. The first-order valence-electron chi connectivity index (χ1n) is 7.60. The molecule has 0 spiro atoms. The van der Waals surface area contributed by atoms with Gasteiger partial charge in [0.05, 0.1) is 5.52 Å². The summed E-state index contributed by atoms with van der Waals surface area (Å²) in [6.45, 7) is 1.94. The van der Waals surface area contributed by atoms with Crippen molar-refractivity contribution in [3.63, 3.8) is 0 Å². The van der Waals surface area contributed by atoms with Crippen LogP contribution in [0.2, 0.25) is 0 Å². The number of para-hydroxylation sites is 1. The molecular weight excluding hydrogens is 280 g/mol. The third-order valence-electron chi connectivity index (χ3n) is 4.08. The lowest BCUT2D eigenvalue weighted by Crippen LogP contribution is -2.10. The van der Waals surface area contributed by atoms with Crippen molar-refractivity contribution in [2.24, 2.45) is 0 Å². The number of aryl methyl sites for hydroxylation is 1. The Morgan fingerprint density at radius 1 is 1.10 bits per heavy atom. The van der Waals surface area contributed by atoms with E-state index in [0.717, 1.165) is 27.5 Å². The van der Waals surface area contributed by atoms with E-state index in [4.69, 9.17) is 4.98 Å². The van der Waals surface area contributed by atoms with Gasteiger partial charge >= 0.3 is 0 Å². The minimum absolute atomic E-state index is 0.667. The van der Waals surface area contributed by atoms with E-state index in [-0.39, 0.29) is 0 Å². The van der Waals surface area contributed by atoms with Crippen molar-refractivity contribution in [3.8, 4) is 0 Å². The average molecular weight is 298 g/mol. The third-order valence-corrected chi connectivity index (χ3v) is 5.36. The summed E-state index contributed by atoms with van der Waals surface area (Å²) in [6, 6.07) is 8.19. The van der Waals surface area contributed by atoms with Crippen molar-refractivity contribution >= 4 is 28.3 Å². The van der Waals surface area contributed by atoms with Gasteiger partial charge in [0.1, 0.15) is 5.82 Å². The van der Waals surface area contributed by atoms with E-state index in [1.807, 2.05) is 35.3 Å². The second-order valence-electron chi connectivity index (χ2n) is 5.68. The fourth-order valence-corrected chi connectivity index (χ4v) is 4.29. The molecule has 0 atom stereocenters. The van der Waals surface area contributed by atoms with Crippen molar-refractivity contribution in [2.45, 2.75) is 49.4 Å². The van der Waals surface area contributed by atoms with E-state index in [1.54, 1.807) is 0 Å². The highest BCUT2D eigenvalue weighted by atomic mass is 32.2. The molecule has 3 aromatic rings. The van der Waals surface area contributed by atoms with Gasteiger partial charge in [-0.3, -0.25) is 0 Å². The van der Waals surface area contributed by atoms with Gasteiger partial charge in [0.25, 0.3) is 0 Å². The number of aromatic nitrogens is 4. The molecule has 1 saturated carbocycles. The highest BCUT2D eigenvalue weighted by Gasteiger charge is 2.19. The normalized spacial score (nSPS) is 16.8. The molecule has 0 bridgehead atoms. The number of hydrogen-bond donors (Lipinski definition) is 0. The first-order valence-corrected chi connectivity index (χ1v) is 8.48. The molecule has 1 fully saturated rings. The van der Waals surface area contributed by atoms with Crippen molar-refractivity contribution in [2.75, 3.05) is 0 Å². The zero-order chi connectivity index (χ0) is 14.2. The van der Waals surface area contributed by atoms with Gasteiger partial charge in [-0.1, -0.05) is 43.2 Å². The summed E-state index contributed by atoms with van der Waals surface area (Å²) < 4.78 is 1.93. The Labute approximate surface area is 128 Å². The van der Waals surface area contributed by atoms with Crippen LogP contribution in [0.15, 0.2) is 29.4 Å². The predicted molar refractivity (Wildman–Crippen MR) is 85.8 cm³/mol. The Morgan fingerprint density at radius 3 is 2.76 bits per heavy atom. The van der Waals surface area contributed by atoms with Crippen LogP contribution < -0.4 is 0 Å². The van der Waals surface area contributed by atoms with Crippen LogP contribution in [0.5, 0.6) is 0 Å². The van der Waals surface area contributed by atoms with Crippen LogP contribution in [0, 0.1) is 6.92 Å². The lowest BCUT2D eigenvalue weighted by Gasteiger charge is -2.20. The standard InChI is InChI=1S/C16H18N4S/c1-11-17-15-13-9-5-6-10-14(13)18-16(20(15)19-11)21-12-7-3-2-4-8-12/h5-6,9-10,12H,2-4,7-8H2,1H3. The number of hydrogen-bond acceptors (Lipinski definition) is 4. The predicted octanol–water partition coefficient (Wildman–Crippen LogP) is 4.01. The molecule has 0 amide bonds. The van der Waals surface area contributed by atoms with Crippen molar-refractivity contribution in [1.29, 1.82) is 0 Å². The maximum Gasteiger partial charge on any atom is 0.191 e. The number of thioether (sulfide) groups is 1. The molecule has 1 aromatic carbocycles. The molecule has 0 aliphatic heterocycles. The van der Waals surface area contributed by atoms with Gasteiger partial charge in [-0.05, 0) is 31.9 Å². The lowest BCUT2D eigenvalue weighted by molar-refractivity contribution is 0.515. The van der Waals surface area contributed by atoms with Crippen molar-refractivity contribution in [3.05, 3.63) is 30.1 Å². The molecule has 4 rings (SSSR count). The van der Waals surface area contributed by atoms with E-state index in [0.29, 0.717) is 5.25 Å². The Bertz CT molecular complexity index is 789. The summed E-state index contributed by atoms with van der Waals surface area (Å²) in [6.07, 6.45) is 6.62. The van der Waals surface area contributed by atoms with E-state index in [1.165, 1.54) is 32.1 Å². The third kappa shape index (κ3) is 2.39. The molecule has 0 radical (unpaired) electrons. The first kappa shape index (κ1) is 13.1. The zero-order valence-corrected chi connectivity index (χ0v) is 12.9. The summed E-state index contributed by atoms with van der Waals surface area (Å²) in [5.74, 6) is 0.804. The Morgan fingerprint density at radius 2 is 1.90 bits per heavy atom. The molecule has 0 unspecified atom stereocenters. The van der Waals surface area contributed by atoms with Gasteiger partial charge in [0.2, 0.25) is 0 Å². The van der Waals surface area contributed by atoms with Crippen LogP contribution in [0.3, 0.4) is 0 Å². The highest BCUT2D eigenvalue weighted by molar-refractivity contribution is 7.99. The number of nitrogens with zero attached hydrogens (tertiary/aromatic N) is 4. The average Bonchev–Trinajstić information content (AvgIpc) is 2.91. The van der Waals surface area contributed by atoms with Gasteiger partial charge in [0, 0.05) is 10.6 Å². The Kier molecular flexibility index (Phi) is 3.30. The van der Waals surface area contributed by atoms with Crippen LogP contribution in [0.4, 0.5) is 0 Å². The molecule has 4 nitrogen and oxygen atoms in total. The summed E-state index contributed by atoms with van der Waals surface area (Å²) in [4.78, 5) is 9.43. The molecule has 2 heterocycles. The molecule has 1 aliphatic rings. The maximum atomic E-state index is 4.83. The highest BCUT2D eigenvalue weighted by Crippen LogP contribution is 2.33. The number of rotatable bonds is 2. The van der Waals surface area contributed by atoms with Crippen LogP contribution in [-0.2, 0) is 0 Å². The second kappa shape index (κ2) is 5.30. The SMILES string of the molecule is Cc1nc2c3ccccc3nc(SC3CCCCC3)n2n1. The molecule has 1 aliphatic carbocycles. The summed E-state index contributed by atoms with van der Waals surface area (Å²) in [5.41, 5.74) is 1.94. The van der Waals surface area contributed by atoms with E-state index >= 15 is 0 Å². The van der Waals surface area contributed by atoms with Crippen LogP contribution >= 0.6 is 11.8 Å². The fraction of sp³-hybridized carbons (Fsp3) is 0.438. The van der Waals surface area contributed by atoms with Gasteiger partial charge in [-0.2, -0.15) is 4.52 Å². The van der Waals surface area contributed by atoms with Gasteiger partial charge < -0.3 is 0 Å². The van der Waals surface area contributed by atoms with Gasteiger partial charge in [-0.15, -0.1) is 5.10 Å². The maximum absolute atomic E-state index is 4.83. The van der Waals surface area contributed by atoms with E-state index in [2.05, 4.69) is 22.2 Å². The Balaban J connectivity index is 1.85. The number of fused-ring (bicyclic) bond motifs is 3. The molecule has 5 heteroatoms. The van der Waals surface area contributed by atoms with Crippen LogP contribution in [-0.4, -0.2) is 24.8 Å². The van der Waals surface area contributed by atoms with Crippen molar-refractivity contribution in [1.82, 2.24) is 19.6 Å². The molecule has 21 heavy (non-hydrogen) atoms. The minimum Gasteiger partial charge on any atom is -0.222 e. The molecule has 0 saturated heterocycles. The van der Waals surface area contributed by atoms with Gasteiger partial charge in [0.15, 0.2) is 10.8 Å². The monoisotopic (exact) mass is 298 g/mol. The topological polar surface area (TPSA) is 43.1 Å². The zero-order valence-electron chi connectivity index (χ0n) is 12.1. The van der Waals surface area contributed by atoms with E-state index < -0.39 is 0 Å². The second-order valence-corrected chi connectivity index (χ2v) is 6.95. The molecule has 108 valence electrons. The van der Waals surface area contributed by atoms with Crippen LogP contribution in [0.1, 0.15) is 37.9 Å². The summed E-state index contributed by atoms with van der Waals surface area (Å²) >= 11 is 1.87. The minimum atomic E-state index is 0.667. The lowest BCUT2D eigenvalue weighted by atomic mass is 10.0. The smallest absolute Gasteiger partial charge is 0.191 e. The van der Waals surface area contributed by atoms with E-state index in [9.17, 15) is 0 Å². The van der Waals surface area contributed by atoms with Crippen molar-refractivity contribution < 1.29 is 0 Å². The fourth-order valence-electron chi connectivity index (χ4n) is 3.04. The summed E-state index contributed by atoms with van der Waals surface area (Å²) in [5, 5.41) is 7.28. The summed E-state index contributed by atoms with van der Waals surface area (Å²) in [7, 11) is 0. The largest absolute Gasteiger partial charge is 0.222 e. The van der Waals surface area contributed by atoms with Crippen LogP contribution in [0.25, 0.3) is 16.6 Å². The quantitative estimate of drug-likeness (QED) is 0.670.